The molecule has 128 valence electrons. The number of hydrogen-bond acceptors (Lipinski definition) is 4. The average Bonchev–Trinajstić information content (AvgIpc) is 2.52. The average molecular weight is 319 g/mol. The van der Waals surface area contributed by atoms with Crippen molar-refractivity contribution in [1.29, 1.82) is 0 Å². The molecule has 1 saturated heterocycles. The van der Waals surface area contributed by atoms with Crippen LogP contribution in [0.1, 0.15) is 39.3 Å². The number of likely N-dealkylation sites (N-methyl/N-ethyl adjacent to an activating group) is 1. The fourth-order valence-electron chi connectivity index (χ4n) is 3.26. The zero-order chi connectivity index (χ0) is 17.0. The molecule has 1 aromatic rings. The van der Waals surface area contributed by atoms with E-state index in [1.54, 1.807) is 12.1 Å². The number of nitrogens with one attached hydrogen (secondary N) is 1. The zero-order valence-electron chi connectivity index (χ0n) is 14.7. The molecule has 0 saturated carbocycles. The maximum atomic E-state index is 13.2. The minimum Gasteiger partial charge on any atom is -0.508 e. The van der Waals surface area contributed by atoms with Crippen molar-refractivity contribution in [2.24, 2.45) is 0 Å². The molecule has 1 aromatic carbocycles. The van der Waals surface area contributed by atoms with Crippen molar-refractivity contribution in [3.8, 4) is 5.75 Å². The molecule has 0 aromatic heterocycles. The van der Waals surface area contributed by atoms with Crippen LogP contribution in [-0.4, -0.2) is 59.1 Å². The SMILES string of the molecule is CCN(C(C(=O)N1CCNCC1)c1ccccc1O)C(C)(C)C. The maximum absolute atomic E-state index is 13.2. The minimum atomic E-state index is -0.459. The summed E-state index contributed by atoms with van der Waals surface area (Å²) in [4.78, 5) is 17.3. The van der Waals surface area contributed by atoms with E-state index in [2.05, 4.69) is 37.9 Å². The van der Waals surface area contributed by atoms with E-state index in [1.165, 1.54) is 0 Å². The van der Waals surface area contributed by atoms with Gasteiger partial charge < -0.3 is 15.3 Å². The highest BCUT2D eigenvalue weighted by Gasteiger charge is 2.37. The molecule has 1 aliphatic rings. The first-order chi connectivity index (χ1) is 10.9. The Bertz CT molecular complexity index is 533. The van der Waals surface area contributed by atoms with Crippen LogP contribution in [0.25, 0.3) is 0 Å². The first-order valence-electron chi connectivity index (χ1n) is 8.40. The van der Waals surface area contributed by atoms with Crippen LogP contribution >= 0.6 is 0 Å². The summed E-state index contributed by atoms with van der Waals surface area (Å²) in [5, 5.41) is 13.6. The van der Waals surface area contributed by atoms with E-state index in [-0.39, 0.29) is 17.2 Å². The Balaban J connectivity index is 2.42. The van der Waals surface area contributed by atoms with Gasteiger partial charge in [0.05, 0.1) is 0 Å². The second kappa shape index (κ2) is 7.32. The van der Waals surface area contributed by atoms with E-state index in [4.69, 9.17) is 0 Å². The van der Waals surface area contributed by atoms with Crippen LogP contribution in [0, 0.1) is 0 Å². The van der Waals surface area contributed by atoms with Crippen molar-refractivity contribution in [3.63, 3.8) is 0 Å². The van der Waals surface area contributed by atoms with Gasteiger partial charge in [0, 0.05) is 37.3 Å². The number of phenolic OH excluding ortho intramolecular Hbond substituents is 1. The number of rotatable bonds is 4. The van der Waals surface area contributed by atoms with Crippen LogP contribution in [0.4, 0.5) is 0 Å². The van der Waals surface area contributed by atoms with Gasteiger partial charge in [0.1, 0.15) is 11.8 Å². The molecule has 0 aliphatic carbocycles. The first kappa shape index (κ1) is 17.8. The number of nitrogens with zero attached hydrogens (tertiary/aromatic N) is 2. The van der Waals surface area contributed by atoms with E-state index in [0.717, 1.165) is 19.6 Å². The third-order valence-corrected chi connectivity index (χ3v) is 4.41. The highest BCUT2D eigenvalue weighted by atomic mass is 16.3. The van der Waals surface area contributed by atoms with Gasteiger partial charge in [-0.2, -0.15) is 0 Å². The lowest BCUT2D eigenvalue weighted by Gasteiger charge is -2.43. The van der Waals surface area contributed by atoms with Gasteiger partial charge >= 0.3 is 0 Å². The zero-order valence-corrected chi connectivity index (χ0v) is 14.7. The number of hydrogen-bond donors (Lipinski definition) is 2. The third-order valence-electron chi connectivity index (χ3n) is 4.41. The van der Waals surface area contributed by atoms with Crippen LogP contribution in [0.3, 0.4) is 0 Å². The molecule has 1 aliphatic heterocycles. The number of carbonyl (C=O) groups is 1. The molecule has 1 atom stereocenters. The first-order valence-corrected chi connectivity index (χ1v) is 8.40. The van der Waals surface area contributed by atoms with Crippen molar-refractivity contribution in [3.05, 3.63) is 29.8 Å². The molecule has 0 spiro atoms. The molecule has 2 rings (SSSR count). The van der Waals surface area contributed by atoms with Crippen LogP contribution in [0.5, 0.6) is 5.75 Å². The molecule has 23 heavy (non-hydrogen) atoms. The highest BCUT2D eigenvalue weighted by molar-refractivity contribution is 5.84. The van der Waals surface area contributed by atoms with Crippen molar-refractivity contribution >= 4 is 5.91 Å². The van der Waals surface area contributed by atoms with E-state index >= 15 is 0 Å². The monoisotopic (exact) mass is 319 g/mol. The van der Waals surface area contributed by atoms with Gasteiger partial charge in [-0.3, -0.25) is 9.69 Å². The van der Waals surface area contributed by atoms with Crippen LogP contribution in [0.15, 0.2) is 24.3 Å². The normalized spacial score (nSPS) is 17.3. The fourth-order valence-corrected chi connectivity index (χ4v) is 3.26. The maximum Gasteiger partial charge on any atom is 0.244 e. The molecule has 0 radical (unpaired) electrons. The van der Waals surface area contributed by atoms with Gasteiger partial charge in [-0.05, 0) is 33.4 Å². The molecular weight excluding hydrogens is 290 g/mol. The summed E-state index contributed by atoms with van der Waals surface area (Å²) in [5.41, 5.74) is 0.513. The van der Waals surface area contributed by atoms with Crippen molar-refractivity contribution in [2.75, 3.05) is 32.7 Å². The molecule has 5 nitrogen and oxygen atoms in total. The number of phenols is 1. The molecule has 1 fully saturated rings. The lowest BCUT2D eigenvalue weighted by atomic mass is 9.96. The van der Waals surface area contributed by atoms with Crippen molar-refractivity contribution < 1.29 is 9.90 Å². The quantitative estimate of drug-likeness (QED) is 0.891. The number of amides is 1. The predicted octanol–water partition coefficient (Wildman–Crippen LogP) is 1.99. The Morgan fingerprint density at radius 3 is 2.43 bits per heavy atom. The molecule has 1 heterocycles. The van der Waals surface area contributed by atoms with Gasteiger partial charge in [0.2, 0.25) is 5.91 Å². The van der Waals surface area contributed by atoms with E-state index in [0.29, 0.717) is 18.7 Å². The van der Waals surface area contributed by atoms with Crippen LogP contribution in [0.2, 0.25) is 0 Å². The van der Waals surface area contributed by atoms with Crippen LogP contribution in [-0.2, 0) is 4.79 Å². The molecule has 1 unspecified atom stereocenters. The van der Waals surface area contributed by atoms with Gasteiger partial charge in [-0.15, -0.1) is 0 Å². The van der Waals surface area contributed by atoms with Gasteiger partial charge in [-0.25, -0.2) is 0 Å². The highest BCUT2D eigenvalue weighted by Crippen LogP contribution is 2.34. The Morgan fingerprint density at radius 1 is 1.30 bits per heavy atom. The Kier molecular flexibility index (Phi) is 5.65. The number of para-hydroxylation sites is 1. The Morgan fingerprint density at radius 2 is 1.91 bits per heavy atom. The number of carbonyl (C=O) groups excluding carboxylic acids is 1. The Labute approximate surface area is 139 Å². The van der Waals surface area contributed by atoms with E-state index < -0.39 is 6.04 Å². The third kappa shape index (κ3) is 4.03. The second-order valence-electron chi connectivity index (χ2n) is 6.99. The van der Waals surface area contributed by atoms with Crippen LogP contribution < -0.4 is 5.32 Å². The minimum absolute atomic E-state index is 0.0739. The fraction of sp³-hybridized carbons (Fsp3) is 0.611. The molecule has 1 amide bonds. The largest absolute Gasteiger partial charge is 0.508 e. The second-order valence-corrected chi connectivity index (χ2v) is 6.99. The summed E-state index contributed by atoms with van der Waals surface area (Å²) in [7, 11) is 0. The van der Waals surface area contributed by atoms with Gasteiger partial charge in [-0.1, -0.05) is 25.1 Å². The summed E-state index contributed by atoms with van der Waals surface area (Å²) >= 11 is 0. The summed E-state index contributed by atoms with van der Waals surface area (Å²) in [6.07, 6.45) is 0. The van der Waals surface area contributed by atoms with Crippen molar-refractivity contribution in [1.82, 2.24) is 15.1 Å². The number of aromatic hydroxyl groups is 1. The molecule has 2 N–H and O–H groups in total. The smallest absolute Gasteiger partial charge is 0.244 e. The number of benzene rings is 1. The molecular formula is C18H29N3O2. The summed E-state index contributed by atoms with van der Waals surface area (Å²) in [6.45, 7) is 12.2. The topological polar surface area (TPSA) is 55.8 Å². The standard InChI is InChI=1S/C18H29N3O2/c1-5-21(18(2,3)4)16(14-8-6-7-9-15(14)22)17(23)20-12-10-19-11-13-20/h6-9,16,19,22H,5,10-13H2,1-4H3. The van der Waals surface area contributed by atoms with Crippen molar-refractivity contribution in [2.45, 2.75) is 39.3 Å². The van der Waals surface area contributed by atoms with E-state index in [9.17, 15) is 9.90 Å². The summed E-state index contributed by atoms with van der Waals surface area (Å²) in [5.74, 6) is 0.258. The van der Waals surface area contributed by atoms with Gasteiger partial charge in [0.25, 0.3) is 0 Å². The summed E-state index contributed by atoms with van der Waals surface area (Å²) < 4.78 is 0. The molecule has 0 bridgehead atoms. The number of piperazine rings is 1. The Hall–Kier alpha value is -1.59. The van der Waals surface area contributed by atoms with E-state index in [1.807, 2.05) is 17.0 Å². The summed E-state index contributed by atoms with van der Waals surface area (Å²) in [6, 6.07) is 6.72. The predicted molar refractivity (Wildman–Crippen MR) is 92.4 cm³/mol. The lowest BCUT2D eigenvalue weighted by Crippen LogP contribution is -2.54. The lowest BCUT2D eigenvalue weighted by molar-refractivity contribution is -0.140. The molecule has 5 heteroatoms. The van der Waals surface area contributed by atoms with Gasteiger partial charge in [0.15, 0.2) is 0 Å².